The fraction of sp³-hybridized carbons (Fsp3) is 0.467. The maximum atomic E-state index is 13.8. The van der Waals surface area contributed by atoms with Gasteiger partial charge in [-0.3, -0.25) is 4.79 Å². The molecule has 0 heterocycles. The molecule has 0 radical (unpaired) electrons. The summed E-state index contributed by atoms with van der Waals surface area (Å²) in [6.07, 6.45) is 1.23. The summed E-state index contributed by atoms with van der Waals surface area (Å²) in [4.78, 5) is 23.4. The molecule has 0 saturated carbocycles. The van der Waals surface area contributed by atoms with Crippen molar-refractivity contribution in [1.29, 1.82) is 0 Å². The summed E-state index contributed by atoms with van der Waals surface area (Å²) in [5.74, 6) is -2.23. The Morgan fingerprint density at radius 1 is 1.55 bits per heavy atom. The van der Waals surface area contributed by atoms with Crippen molar-refractivity contribution in [2.24, 2.45) is 0 Å². The van der Waals surface area contributed by atoms with Gasteiger partial charge in [-0.05, 0) is 45.1 Å². The van der Waals surface area contributed by atoms with Crippen molar-refractivity contribution in [2.45, 2.75) is 18.9 Å². The maximum Gasteiger partial charge on any atom is 0.338 e. The van der Waals surface area contributed by atoms with E-state index in [1.807, 2.05) is 14.0 Å². The third-order valence-corrected chi connectivity index (χ3v) is 3.54. The Balaban J connectivity index is 2.98. The van der Waals surface area contributed by atoms with Crippen LogP contribution in [0, 0.1) is 5.82 Å². The maximum absolute atomic E-state index is 13.8. The van der Waals surface area contributed by atoms with Gasteiger partial charge in [0.15, 0.2) is 0 Å². The van der Waals surface area contributed by atoms with Crippen LogP contribution in [0.2, 0.25) is 0 Å². The highest BCUT2D eigenvalue weighted by molar-refractivity contribution is 5.89. The number of carboxylic acid groups (broad SMARTS) is 1. The van der Waals surface area contributed by atoms with E-state index in [-0.39, 0.29) is 12.2 Å². The number of amides is 1. The molecule has 0 saturated heterocycles. The number of carboxylic acids is 1. The van der Waals surface area contributed by atoms with Crippen LogP contribution in [0.4, 0.5) is 10.1 Å². The summed E-state index contributed by atoms with van der Waals surface area (Å²) < 4.78 is 19.2. The van der Waals surface area contributed by atoms with Crippen molar-refractivity contribution in [3.05, 3.63) is 29.6 Å². The zero-order valence-corrected chi connectivity index (χ0v) is 12.9. The zero-order valence-electron chi connectivity index (χ0n) is 12.9. The van der Waals surface area contributed by atoms with Gasteiger partial charge < -0.3 is 20.1 Å². The van der Waals surface area contributed by atoms with Crippen LogP contribution in [0.3, 0.4) is 0 Å². The summed E-state index contributed by atoms with van der Waals surface area (Å²) in [6, 6.07) is 3.57. The van der Waals surface area contributed by atoms with Crippen LogP contribution >= 0.6 is 0 Å². The molecular formula is C15H21FN2O4. The summed E-state index contributed by atoms with van der Waals surface area (Å²) in [5, 5.41) is 11.8. The second-order valence-corrected chi connectivity index (χ2v) is 5.21. The van der Waals surface area contributed by atoms with E-state index < -0.39 is 23.0 Å². The number of aromatic carboxylic acids is 1. The van der Waals surface area contributed by atoms with Crippen LogP contribution < -0.4 is 10.2 Å². The van der Waals surface area contributed by atoms with Crippen molar-refractivity contribution >= 4 is 18.1 Å². The van der Waals surface area contributed by atoms with Crippen molar-refractivity contribution < 1.29 is 23.8 Å². The lowest BCUT2D eigenvalue weighted by molar-refractivity contribution is -0.108. The Morgan fingerprint density at radius 2 is 2.23 bits per heavy atom. The first kappa shape index (κ1) is 18.1. The van der Waals surface area contributed by atoms with Crippen molar-refractivity contribution in [3.63, 3.8) is 0 Å². The monoisotopic (exact) mass is 312 g/mol. The number of anilines is 1. The number of hydrogen-bond acceptors (Lipinski definition) is 4. The molecule has 1 atom stereocenters. The van der Waals surface area contributed by atoms with Gasteiger partial charge in [-0.1, -0.05) is 0 Å². The van der Waals surface area contributed by atoms with E-state index in [1.165, 1.54) is 11.0 Å². The van der Waals surface area contributed by atoms with Crippen LogP contribution in [0.1, 0.15) is 23.7 Å². The van der Waals surface area contributed by atoms with E-state index in [2.05, 4.69) is 5.32 Å². The molecule has 6 nitrogen and oxygen atoms in total. The average Bonchev–Trinajstić information content (AvgIpc) is 2.50. The number of methoxy groups -OCH3 is 1. The molecule has 7 heteroatoms. The number of nitrogens with zero attached hydrogens (tertiary/aromatic N) is 1. The molecule has 0 bridgehead atoms. The van der Waals surface area contributed by atoms with E-state index in [9.17, 15) is 14.0 Å². The minimum atomic E-state index is -1.35. The fourth-order valence-corrected chi connectivity index (χ4v) is 2.04. The summed E-state index contributed by atoms with van der Waals surface area (Å²) in [7, 11) is 3.36. The molecule has 1 aromatic rings. The Bertz CT molecular complexity index is 538. The van der Waals surface area contributed by atoms with Crippen LogP contribution in [-0.2, 0) is 9.53 Å². The van der Waals surface area contributed by atoms with E-state index in [1.54, 1.807) is 7.11 Å². The molecule has 0 aliphatic carbocycles. The van der Waals surface area contributed by atoms with Crippen LogP contribution in [0.25, 0.3) is 0 Å². The molecule has 0 spiro atoms. The first-order valence-electron chi connectivity index (χ1n) is 6.81. The Labute approximate surface area is 128 Å². The molecular weight excluding hydrogens is 291 g/mol. The van der Waals surface area contributed by atoms with Crippen LogP contribution in [-0.4, -0.2) is 50.3 Å². The molecule has 22 heavy (non-hydrogen) atoms. The Hall–Kier alpha value is -1.99. The van der Waals surface area contributed by atoms with Gasteiger partial charge in [0.1, 0.15) is 5.82 Å². The Morgan fingerprint density at radius 3 is 2.68 bits per heavy atom. The normalized spacial score (nSPS) is 13.5. The molecule has 122 valence electrons. The third-order valence-electron chi connectivity index (χ3n) is 3.54. The lowest BCUT2D eigenvalue weighted by atomic mass is 10.0. The van der Waals surface area contributed by atoms with Crippen LogP contribution in [0.15, 0.2) is 18.2 Å². The Kier molecular flexibility index (Phi) is 6.45. The molecule has 0 aliphatic heterocycles. The van der Waals surface area contributed by atoms with Gasteiger partial charge in [0.05, 0.1) is 17.7 Å². The largest absolute Gasteiger partial charge is 0.478 e. The van der Waals surface area contributed by atoms with Crippen molar-refractivity contribution in [2.75, 3.05) is 32.1 Å². The highest BCUT2D eigenvalue weighted by atomic mass is 19.1. The minimum Gasteiger partial charge on any atom is -0.478 e. The number of carbonyl (C=O) groups excluding carboxylic acids is 1. The minimum absolute atomic E-state index is 0.223. The second kappa shape index (κ2) is 7.86. The number of ether oxygens (including phenoxy) is 1. The quantitative estimate of drug-likeness (QED) is 0.676. The van der Waals surface area contributed by atoms with Gasteiger partial charge in [0.2, 0.25) is 6.41 Å². The van der Waals surface area contributed by atoms with Gasteiger partial charge in [-0.15, -0.1) is 0 Å². The van der Waals surface area contributed by atoms with E-state index in [4.69, 9.17) is 9.84 Å². The molecule has 1 amide bonds. The first-order chi connectivity index (χ1) is 10.4. The SMILES string of the molecule is CNCCC(C)(CN(C=O)c1ccc(C(=O)O)c(F)c1)OC. The molecule has 1 rings (SSSR count). The molecule has 0 fully saturated rings. The van der Waals surface area contributed by atoms with Gasteiger partial charge in [0, 0.05) is 12.8 Å². The first-order valence-corrected chi connectivity index (χ1v) is 6.81. The topological polar surface area (TPSA) is 78.9 Å². The van der Waals surface area contributed by atoms with Crippen molar-refractivity contribution in [1.82, 2.24) is 5.32 Å². The van der Waals surface area contributed by atoms with E-state index in [0.29, 0.717) is 19.4 Å². The highest BCUT2D eigenvalue weighted by Gasteiger charge is 2.27. The van der Waals surface area contributed by atoms with Crippen molar-refractivity contribution in [3.8, 4) is 0 Å². The summed E-state index contributed by atoms with van der Waals surface area (Å²) in [5.41, 5.74) is -0.754. The lowest BCUT2D eigenvalue weighted by Crippen LogP contribution is -2.43. The van der Waals surface area contributed by atoms with Gasteiger partial charge in [0.25, 0.3) is 0 Å². The number of halogens is 1. The molecule has 1 unspecified atom stereocenters. The molecule has 1 aromatic carbocycles. The highest BCUT2D eigenvalue weighted by Crippen LogP contribution is 2.22. The predicted octanol–water partition coefficient (Wildman–Crippen LogP) is 1.50. The number of carbonyl (C=O) groups is 2. The molecule has 2 N–H and O–H groups in total. The lowest BCUT2D eigenvalue weighted by Gasteiger charge is -2.33. The second-order valence-electron chi connectivity index (χ2n) is 5.21. The smallest absolute Gasteiger partial charge is 0.338 e. The summed E-state index contributed by atoms with van der Waals surface area (Å²) >= 11 is 0. The van der Waals surface area contributed by atoms with Gasteiger partial charge >= 0.3 is 5.97 Å². The standard InChI is InChI=1S/C15H21FN2O4/c1-15(22-3,6-7-17-2)9-18(10-19)11-4-5-12(14(20)21)13(16)8-11/h4-5,8,10,17H,6-7,9H2,1-3H3,(H,20,21). The zero-order chi connectivity index (χ0) is 16.8. The molecule has 0 aromatic heterocycles. The summed E-state index contributed by atoms with van der Waals surface area (Å²) in [6.45, 7) is 2.77. The van der Waals surface area contributed by atoms with E-state index >= 15 is 0 Å². The third kappa shape index (κ3) is 4.51. The number of benzene rings is 1. The molecule has 0 aliphatic rings. The number of hydrogen-bond donors (Lipinski definition) is 2. The average molecular weight is 312 g/mol. The predicted molar refractivity (Wildman–Crippen MR) is 80.7 cm³/mol. The van der Waals surface area contributed by atoms with Gasteiger partial charge in [-0.25, -0.2) is 9.18 Å². The number of nitrogens with one attached hydrogen (secondary N) is 1. The fourth-order valence-electron chi connectivity index (χ4n) is 2.04. The van der Waals surface area contributed by atoms with Gasteiger partial charge in [-0.2, -0.15) is 0 Å². The number of rotatable bonds is 9. The van der Waals surface area contributed by atoms with Crippen LogP contribution in [0.5, 0.6) is 0 Å². The van der Waals surface area contributed by atoms with E-state index in [0.717, 1.165) is 12.1 Å².